The van der Waals surface area contributed by atoms with Gasteiger partial charge in [-0.05, 0) is 0 Å². The van der Waals surface area contributed by atoms with Crippen LogP contribution in [0.5, 0.6) is 0 Å². The van der Waals surface area contributed by atoms with E-state index in [2.05, 4.69) is 32.9 Å². The average molecular weight is 423 g/mol. The first-order chi connectivity index (χ1) is 11.3. The summed E-state index contributed by atoms with van der Waals surface area (Å²) in [7, 11) is 0. The Morgan fingerprint density at radius 1 is 0.783 bits per heavy atom. The van der Waals surface area contributed by atoms with E-state index >= 15 is 0 Å². The van der Waals surface area contributed by atoms with Crippen LogP contribution >= 0.6 is 0 Å². The van der Waals surface area contributed by atoms with Crippen molar-refractivity contribution in [2.75, 3.05) is 0 Å². The predicted molar refractivity (Wildman–Crippen MR) is 101 cm³/mol. The van der Waals surface area contributed by atoms with E-state index in [0.29, 0.717) is 0 Å². The second-order valence-corrected chi connectivity index (χ2v) is 19.7. The van der Waals surface area contributed by atoms with Crippen LogP contribution in [-0.4, -0.2) is 18.4 Å². The van der Waals surface area contributed by atoms with Crippen LogP contribution in [0.25, 0.3) is 11.5 Å². The molecule has 3 heteroatoms. The van der Waals surface area contributed by atoms with Gasteiger partial charge >= 0.3 is 146 Å². The molecule has 23 heavy (non-hydrogen) atoms. The van der Waals surface area contributed by atoms with Crippen molar-refractivity contribution in [3.05, 3.63) is 30.5 Å². The third-order valence-electron chi connectivity index (χ3n) is 4.92. The Balaban J connectivity index is 2.29. The predicted octanol–water partition coefficient (Wildman–Crippen LogP) is 6.60. The average Bonchev–Trinajstić information content (AvgIpc) is 3.25. The monoisotopic (exact) mass is 424 g/mol. The van der Waals surface area contributed by atoms with E-state index in [1.807, 2.05) is 12.1 Å². The summed E-state index contributed by atoms with van der Waals surface area (Å²) in [5.41, 5.74) is 0. The van der Waals surface area contributed by atoms with Crippen LogP contribution in [-0.2, 0) is 0 Å². The summed E-state index contributed by atoms with van der Waals surface area (Å²) in [5, 5.41) is 0. The number of furan rings is 2. The van der Waals surface area contributed by atoms with Crippen molar-refractivity contribution >= 4 is 22.2 Å². The van der Waals surface area contributed by atoms with Crippen molar-refractivity contribution in [3.63, 3.8) is 0 Å². The first-order valence-electron chi connectivity index (χ1n) is 9.40. The molecule has 0 bridgehead atoms. The number of rotatable bonds is 11. The van der Waals surface area contributed by atoms with Gasteiger partial charge < -0.3 is 0 Å². The molecule has 0 radical (unpaired) electrons. The maximum absolute atomic E-state index is 6.38. The molecule has 2 aromatic heterocycles. The van der Waals surface area contributed by atoms with Crippen molar-refractivity contribution in [2.45, 2.75) is 72.6 Å². The van der Waals surface area contributed by atoms with Gasteiger partial charge in [0, 0.05) is 0 Å². The zero-order chi connectivity index (χ0) is 16.5. The van der Waals surface area contributed by atoms with Crippen molar-refractivity contribution in [1.29, 1.82) is 0 Å². The minimum atomic E-state index is -2.42. The van der Waals surface area contributed by atoms with E-state index in [4.69, 9.17) is 8.83 Å². The van der Waals surface area contributed by atoms with Crippen molar-refractivity contribution in [2.24, 2.45) is 0 Å². The Bertz CT molecular complexity index is 520. The molecule has 0 spiro atoms. The van der Waals surface area contributed by atoms with Gasteiger partial charge in [0.25, 0.3) is 0 Å². The van der Waals surface area contributed by atoms with Gasteiger partial charge in [-0.25, -0.2) is 0 Å². The normalized spacial score (nSPS) is 12.0. The molecule has 0 aromatic carbocycles. The van der Waals surface area contributed by atoms with Gasteiger partial charge in [0.05, 0.1) is 0 Å². The molecule has 0 saturated heterocycles. The van der Waals surface area contributed by atoms with Crippen molar-refractivity contribution < 1.29 is 8.83 Å². The standard InChI is InChI=1S/C8H5O2.3C4H9.Sn/c1-3-7(9-5-1)8-4-2-6-10-8;3*1-3-4-2;/h1-5H;3*1,3-4H2,2H3;. The van der Waals surface area contributed by atoms with Crippen LogP contribution in [0, 0.1) is 0 Å². The molecule has 0 aliphatic carbocycles. The molecule has 2 nitrogen and oxygen atoms in total. The molecule has 0 aliphatic heterocycles. The Morgan fingerprint density at radius 3 is 1.87 bits per heavy atom. The fourth-order valence-electron chi connectivity index (χ4n) is 3.46. The first kappa shape index (κ1) is 18.7. The van der Waals surface area contributed by atoms with Crippen LogP contribution in [0.3, 0.4) is 0 Å². The third-order valence-corrected chi connectivity index (χ3v) is 19.9. The van der Waals surface area contributed by atoms with E-state index in [1.165, 1.54) is 55.6 Å². The summed E-state index contributed by atoms with van der Waals surface area (Å²) >= 11 is -2.42. The molecule has 0 saturated carbocycles. The van der Waals surface area contributed by atoms with E-state index in [1.54, 1.807) is 6.26 Å². The van der Waals surface area contributed by atoms with E-state index in [9.17, 15) is 0 Å². The van der Waals surface area contributed by atoms with Gasteiger partial charge in [-0.1, -0.05) is 0 Å². The molecule has 2 rings (SSSR count). The zero-order valence-electron chi connectivity index (χ0n) is 15.1. The molecule has 0 amide bonds. The molecular formula is C20H32O2Sn. The van der Waals surface area contributed by atoms with Crippen LogP contribution < -0.4 is 3.78 Å². The van der Waals surface area contributed by atoms with Crippen molar-refractivity contribution in [1.82, 2.24) is 0 Å². The molecule has 2 aromatic rings. The van der Waals surface area contributed by atoms with Crippen LogP contribution in [0.15, 0.2) is 39.4 Å². The third kappa shape index (κ3) is 4.91. The van der Waals surface area contributed by atoms with Gasteiger partial charge in [0.1, 0.15) is 0 Å². The number of hydrogen-bond donors (Lipinski definition) is 0. The summed E-state index contributed by atoms with van der Waals surface area (Å²) < 4.78 is 17.6. The second kappa shape index (κ2) is 9.61. The molecule has 0 atom stereocenters. The maximum atomic E-state index is 6.38. The van der Waals surface area contributed by atoms with Gasteiger partial charge in [-0.2, -0.15) is 0 Å². The van der Waals surface area contributed by atoms with Gasteiger partial charge in [0.2, 0.25) is 0 Å². The molecular weight excluding hydrogens is 391 g/mol. The quantitative estimate of drug-likeness (QED) is 0.381. The molecule has 0 N–H and O–H groups in total. The summed E-state index contributed by atoms with van der Waals surface area (Å²) in [6.07, 6.45) is 9.69. The first-order valence-corrected chi connectivity index (χ1v) is 16.9. The van der Waals surface area contributed by atoms with E-state index < -0.39 is 18.4 Å². The second-order valence-electron chi connectivity index (χ2n) is 6.73. The Morgan fingerprint density at radius 2 is 1.39 bits per heavy atom. The Kier molecular flexibility index (Phi) is 7.81. The van der Waals surface area contributed by atoms with Gasteiger partial charge in [0.15, 0.2) is 0 Å². The van der Waals surface area contributed by atoms with Gasteiger partial charge in [-0.15, -0.1) is 0 Å². The zero-order valence-corrected chi connectivity index (χ0v) is 17.9. The van der Waals surface area contributed by atoms with E-state index in [0.717, 1.165) is 11.5 Å². The summed E-state index contributed by atoms with van der Waals surface area (Å²) in [5.74, 6) is 1.77. The Hall–Kier alpha value is -0.641. The van der Waals surface area contributed by atoms with Gasteiger partial charge in [-0.3, -0.25) is 0 Å². The fraction of sp³-hybridized carbons (Fsp3) is 0.600. The molecule has 2 heterocycles. The summed E-state index contributed by atoms with van der Waals surface area (Å²) in [6, 6.07) is 8.34. The summed E-state index contributed by atoms with van der Waals surface area (Å²) in [4.78, 5) is 0. The Labute approximate surface area is 145 Å². The van der Waals surface area contributed by atoms with Crippen LogP contribution in [0.4, 0.5) is 0 Å². The minimum absolute atomic E-state index is 0.859. The number of hydrogen-bond acceptors (Lipinski definition) is 2. The summed E-state index contributed by atoms with van der Waals surface area (Å²) in [6.45, 7) is 6.94. The van der Waals surface area contributed by atoms with Crippen LogP contribution in [0.2, 0.25) is 13.3 Å². The SMILES string of the molecule is CCC[CH2][Sn]([CH2]CCC)([CH2]CCC)[c]1ccc(-c2ccco2)o1. The fourth-order valence-corrected chi connectivity index (χ4v) is 18.7. The molecule has 0 unspecified atom stereocenters. The molecule has 0 fully saturated rings. The molecule has 0 aliphatic rings. The van der Waals surface area contributed by atoms with Crippen LogP contribution in [0.1, 0.15) is 59.3 Å². The molecule has 128 valence electrons. The van der Waals surface area contributed by atoms with E-state index in [-0.39, 0.29) is 0 Å². The number of unbranched alkanes of at least 4 members (excludes halogenated alkanes) is 3. The topological polar surface area (TPSA) is 26.3 Å². The van der Waals surface area contributed by atoms with Crippen molar-refractivity contribution in [3.8, 4) is 11.5 Å².